The van der Waals surface area contributed by atoms with E-state index < -0.39 is 0 Å². The first-order valence-corrected chi connectivity index (χ1v) is 7.44. The van der Waals surface area contributed by atoms with Gasteiger partial charge in [0, 0.05) is 24.2 Å². The number of aromatic amines is 1. The van der Waals surface area contributed by atoms with Gasteiger partial charge in [-0.25, -0.2) is 4.39 Å². The highest BCUT2D eigenvalue weighted by Crippen LogP contribution is 2.21. The number of aromatic nitrogens is 2. The molecule has 118 valence electrons. The van der Waals surface area contributed by atoms with Gasteiger partial charge in [0.1, 0.15) is 5.82 Å². The standard InChI is InChI=1S/C18H18FN3O/c19-17-7-5-13(6-8-17)18-16(11-21-22-18)10-20-9-14-3-1-2-4-15(14)12-23/h1-8,11,20,23H,9-10,12H2,(H,21,22). The van der Waals surface area contributed by atoms with Crippen molar-refractivity contribution in [1.82, 2.24) is 15.5 Å². The van der Waals surface area contributed by atoms with Crippen molar-refractivity contribution in [2.75, 3.05) is 0 Å². The Bertz CT molecular complexity index is 768. The Morgan fingerprint density at radius 1 is 0.957 bits per heavy atom. The summed E-state index contributed by atoms with van der Waals surface area (Å²) in [6, 6.07) is 14.1. The summed E-state index contributed by atoms with van der Waals surface area (Å²) < 4.78 is 13.0. The van der Waals surface area contributed by atoms with Gasteiger partial charge in [0.25, 0.3) is 0 Å². The number of hydrogen-bond acceptors (Lipinski definition) is 3. The van der Waals surface area contributed by atoms with E-state index in [9.17, 15) is 9.50 Å². The maximum Gasteiger partial charge on any atom is 0.123 e. The molecule has 2 aromatic carbocycles. The quantitative estimate of drug-likeness (QED) is 0.656. The molecule has 0 aliphatic rings. The Labute approximate surface area is 134 Å². The van der Waals surface area contributed by atoms with Gasteiger partial charge in [-0.2, -0.15) is 5.10 Å². The van der Waals surface area contributed by atoms with Crippen molar-refractivity contribution in [3.8, 4) is 11.3 Å². The van der Waals surface area contributed by atoms with Gasteiger partial charge in [-0.1, -0.05) is 24.3 Å². The predicted octanol–water partition coefficient (Wildman–Crippen LogP) is 3.00. The fraction of sp³-hybridized carbons (Fsp3) is 0.167. The average molecular weight is 311 g/mol. The summed E-state index contributed by atoms with van der Waals surface area (Å²) >= 11 is 0. The second-order valence-corrected chi connectivity index (χ2v) is 5.31. The molecule has 0 atom stereocenters. The molecular weight excluding hydrogens is 293 g/mol. The van der Waals surface area contributed by atoms with Crippen molar-refractivity contribution >= 4 is 0 Å². The molecule has 5 heteroatoms. The van der Waals surface area contributed by atoms with Gasteiger partial charge < -0.3 is 10.4 Å². The van der Waals surface area contributed by atoms with Crippen LogP contribution in [0.15, 0.2) is 54.7 Å². The van der Waals surface area contributed by atoms with Crippen LogP contribution in [0.25, 0.3) is 11.3 Å². The number of H-pyrrole nitrogens is 1. The Kier molecular flexibility index (Phi) is 4.80. The van der Waals surface area contributed by atoms with Gasteiger partial charge >= 0.3 is 0 Å². The predicted molar refractivity (Wildman–Crippen MR) is 86.9 cm³/mol. The molecule has 0 spiro atoms. The molecule has 0 saturated heterocycles. The molecule has 1 heterocycles. The zero-order valence-electron chi connectivity index (χ0n) is 12.6. The summed E-state index contributed by atoms with van der Waals surface area (Å²) in [6.07, 6.45) is 1.77. The lowest BCUT2D eigenvalue weighted by molar-refractivity contribution is 0.280. The summed E-state index contributed by atoms with van der Waals surface area (Å²) in [5.41, 5.74) is 4.79. The van der Waals surface area contributed by atoms with E-state index >= 15 is 0 Å². The van der Waals surface area contributed by atoms with E-state index in [1.54, 1.807) is 18.3 Å². The monoisotopic (exact) mass is 311 g/mol. The number of nitrogens with one attached hydrogen (secondary N) is 2. The van der Waals surface area contributed by atoms with Crippen LogP contribution in [0.1, 0.15) is 16.7 Å². The molecule has 1 aromatic heterocycles. The van der Waals surface area contributed by atoms with E-state index in [-0.39, 0.29) is 12.4 Å². The van der Waals surface area contributed by atoms with Crippen molar-refractivity contribution in [1.29, 1.82) is 0 Å². The molecule has 3 N–H and O–H groups in total. The lowest BCUT2D eigenvalue weighted by Gasteiger charge is -2.09. The molecule has 23 heavy (non-hydrogen) atoms. The Balaban J connectivity index is 1.68. The van der Waals surface area contributed by atoms with Gasteiger partial charge in [0.2, 0.25) is 0 Å². The molecule has 0 aliphatic heterocycles. The zero-order chi connectivity index (χ0) is 16.1. The van der Waals surface area contributed by atoms with Crippen molar-refractivity contribution in [2.45, 2.75) is 19.7 Å². The fourth-order valence-electron chi connectivity index (χ4n) is 2.53. The number of halogens is 1. The lowest BCUT2D eigenvalue weighted by atomic mass is 10.1. The molecule has 0 radical (unpaired) electrons. The van der Waals surface area contributed by atoms with Gasteiger partial charge in [0.15, 0.2) is 0 Å². The van der Waals surface area contributed by atoms with Crippen LogP contribution in [0.3, 0.4) is 0 Å². The van der Waals surface area contributed by atoms with Crippen LogP contribution < -0.4 is 5.32 Å². The summed E-state index contributed by atoms with van der Waals surface area (Å²) in [7, 11) is 0. The number of hydrogen-bond donors (Lipinski definition) is 3. The van der Waals surface area contributed by atoms with E-state index in [2.05, 4.69) is 15.5 Å². The second kappa shape index (κ2) is 7.17. The van der Waals surface area contributed by atoms with Crippen LogP contribution in [0.2, 0.25) is 0 Å². The normalized spacial score (nSPS) is 10.9. The topological polar surface area (TPSA) is 60.9 Å². The summed E-state index contributed by atoms with van der Waals surface area (Å²) in [5.74, 6) is -0.256. The number of rotatable bonds is 6. The molecule has 0 amide bonds. The lowest BCUT2D eigenvalue weighted by Crippen LogP contribution is -2.14. The molecule has 4 nitrogen and oxygen atoms in total. The van der Waals surface area contributed by atoms with Gasteiger partial charge in [-0.15, -0.1) is 0 Å². The third kappa shape index (κ3) is 3.64. The van der Waals surface area contributed by atoms with Gasteiger partial charge in [-0.3, -0.25) is 5.10 Å². The van der Waals surface area contributed by atoms with E-state index in [4.69, 9.17) is 0 Å². The van der Waals surface area contributed by atoms with E-state index in [0.29, 0.717) is 13.1 Å². The fourth-order valence-corrected chi connectivity index (χ4v) is 2.53. The van der Waals surface area contributed by atoms with Crippen molar-refractivity contribution in [3.63, 3.8) is 0 Å². The Hall–Kier alpha value is -2.50. The van der Waals surface area contributed by atoms with Crippen molar-refractivity contribution in [3.05, 3.63) is 77.2 Å². The van der Waals surface area contributed by atoms with Crippen LogP contribution >= 0.6 is 0 Å². The number of aliphatic hydroxyl groups is 1. The third-order valence-corrected chi connectivity index (χ3v) is 3.77. The maximum absolute atomic E-state index is 13.0. The first kappa shape index (κ1) is 15.4. The first-order chi connectivity index (χ1) is 11.3. The molecule has 0 saturated carbocycles. The number of aliphatic hydroxyl groups excluding tert-OH is 1. The Morgan fingerprint density at radius 2 is 1.65 bits per heavy atom. The van der Waals surface area contributed by atoms with Gasteiger partial charge in [0.05, 0.1) is 18.5 Å². The van der Waals surface area contributed by atoms with E-state index in [1.165, 1.54) is 12.1 Å². The molecule has 0 bridgehead atoms. The highest BCUT2D eigenvalue weighted by Gasteiger charge is 2.08. The first-order valence-electron chi connectivity index (χ1n) is 7.44. The SMILES string of the molecule is OCc1ccccc1CNCc1cn[nH]c1-c1ccc(F)cc1. The smallest absolute Gasteiger partial charge is 0.123 e. The summed E-state index contributed by atoms with van der Waals surface area (Å²) in [5, 5.41) is 19.7. The van der Waals surface area contributed by atoms with E-state index in [0.717, 1.165) is 27.9 Å². The van der Waals surface area contributed by atoms with E-state index in [1.807, 2.05) is 24.3 Å². The highest BCUT2D eigenvalue weighted by molar-refractivity contribution is 5.62. The maximum atomic E-state index is 13.0. The second-order valence-electron chi connectivity index (χ2n) is 5.31. The van der Waals surface area contributed by atoms with Crippen LogP contribution in [0.4, 0.5) is 4.39 Å². The van der Waals surface area contributed by atoms with Crippen molar-refractivity contribution < 1.29 is 9.50 Å². The van der Waals surface area contributed by atoms with Crippen LogP contribution in [-0.4, -0.2) is 15.3 Å². The zero-order valence-corrected chi connectivity index (χ0v) is 12.6. The molecule has 3 rings (SSSR count). The largest absolute Gasteiger partial charge is 0.392 e. The minimum absolute atomic E-state index is 0.0321. The third-order valence-electron chi connectivity index (χ3n) is 3.77. The van der Waals surface area contributed by atoms with Crippen molar-refractivity contribution in [2.24, 2.45) is 0 Å². The molecule has 0 unspecified atom stereocenters. The molecule has 3 aromatic rings. The minimum Gasteiger partial charge on any atom is -0.392 e. The molecule has 0 fully saturated rings. The van der Waals surface area contributed by atoms with Gasteiger partial charge in [-0.05, 0) is 35.4 Å². The highest BCUT2D eigenvalue weighted by atomic mass is 19.1. The van der Waals surface area contributed by atoms with Crippen LogP contribution in [0.5, 0.6) is 0 Å². The minimum atomic E-state index is -0.256. The molecular formula is C18H18FN3O. The molecule has 0 aliphatic carbocycles. The summed E-state index contributed by atoms with van der Waals surface area (Å²) in [4.78, 5) is 0. The average Bonchev–Trinajstić information content (AvgIpc) is 3.04. The summed E-state index contributed by atoms with van der Waals surface area (Å²) in [6.45, 7) is 1.32. The van der Waals surface area contributed by atoms with Crippen LogP contribution in [0, 0.1) is 5.82 Å². The number of nitrogens with zero attached hydrogens (tertiary/aromatic N) is 1. The number of benzene rings is 2. The van der Waals surface area contributed by atoms with Crippen LogP contribution in [-0.2, 0) is 19.7 Å². The Morgan fingerprint density at radius 3 is 2.39 bits per heavy atom.